The van der Waals surface area contributed by atoms with E-state index < -0.39 is 12.0 Å². The molecule has 8 heteroatoms. The van der Waals surface area contributed by atoms with Crippen molar-refractivity contribution in [2.24, 2.45) is 0 Å². The van der Waals surface area contributed by atoms with Gasteiger partial charge < -0.3 is 25.2 Å². The molecule has 3 rings (SSSR count). The summed E-state index contributed by atoms with van der Waals surface area (Å²) >= 11 is 0. The molecule has 0 radical (unpaired) electrons. The minimum absolute atomic E-state index is 0.258. The van der Waals surface area contributed by atoms with Crippen molar-refractivity contribution in [2.75, 3.05) is 43.5 Å². The first-order valence-corrected chi connectivity index (χ1v) is 9.82. The number of urea groups is 1. The monoisotopic (exact) mass is 410 g/mol. The van der Waals surface area contributed by atoms with Gasteiger partial charge in [0.25, 0.3) is 0 Å². The minimum atomic E-state index is -0.704. The van der Waals surface area contributed by atoms with E-state index in [-0.39, 0.29) is 11.9 Å². The number of carbonyl (C=O) groups is 3. The van der Waals surface area contributed by atoms with E-state index >= 15 is 0 Å². The molecule has 1 unspecified atom stereocenters. The molecule has 158 valence electrons. The third kappa shape index (κ3) is 5.28. The third-order valence-electron chi connectivity index (χ3n) is 5.00. The molecule has 0 aromatic heterocycles. The van der Waals surface area contributed by atoms with Gasteiger partial charge in [-0.1, -0.05) is 18.2 Å². The Balaban J connectivity index is 1.47. The maximum atomic E-state index is 12.5. The molecule has 8 nitrogen and oxygen atoms in total. The molecule has 2 aromatic carbocycles. The van der Waals surface area contributed by atoms with Crippen molar-refractivity contribution in [3.05, 3.63) is 60.2 Å². The van der Waals surface area contributed by atoms with Crippen LogP contribution in [0.25, 0.3) is 0 Å². The molecule has 2 N–H and O–H groups in total. The minimum Gasteiger partial charge on any atom is -0.465 e. The molecular weight excluding hydrogens is 384 g/mol. The summed E-state index contributed by atoms with van der Waals surface area (Å²) in [6.07, 6.45) is 0. The summed E-state index contributed by atoms with van der Waals surface area (Å²) in [5.74, 6) is -0.780. The van der Waals surface area contributed by atoms with Crippen molar-refractivity contribution in [1.29, 1.82) is 0 Å². The third-order valence-corrected chi connectivity index (χ3v) is 5.00. The number of para-hydroxylation sites is 1. The average molecular weight is 410 g/mol. The second-order valence-corrected chi connectivity index (χ2v) is 7.04. The van der Waals surface area contributed by atoms with Crippen LogP contribution in [0.3, 0.4) is 0 Å². The first kappa shape index (κ1) is 21.2. The quantitative estimate of drug-likeness (QED) is 0.739. The highest BCUT2D eigenvalue weighted by Gasteiger charge is 2.24. The summed E-state index contributed by atoms with van der Waals surface area (Å²) in [5.41, 5.74) is 2.07. The Labute approximate surface area is 175 Å². The lowest BCUT2D eigenvalue weighted by Crippen LogP contribution is -2.54. The van der Waals surface area contributed by atoms with E-state index in [4.69, 9.17) is 0 Å². The molecule has 1 aliphatic rings. The predicted octanol–water partition coefficient (Wildman–Crippen LogP) is 2.33. The van der Waals surface area contributed by atoms with Crippen LogP contribution >= 0.6 is 0 Å². The van der Waals surface area contributed by atoms with Crippen molar-refractivity contribution < 1.29 is 19.1 Å². The van der Waals surface area contributed by atoms with Crippen LogP contribution in [0.4, 0.5) is 16.2 Å². The standard InChI is InChI=1S/C22H26N4O4/c1-16(20(27)24-18-10-8-17(9-11-18)21(28)30-2)23-22(29)26-14-12-25(13-15-26)19-6-4-3-5-7-19/h3-11,16H,12-15H2,1-2H3,(H,23,29)(H,24,27). The molecular formula is C22H26N4O4. The number of nitrogens with one attached hydrogen (secondary N) is 2. The number of piperazine rings is 1. The van der Waals surface area contributed by atoms with E-state index in [0.29, 0.717) is 24.3 Å². The first-order chi connectivity index (χ1) is 14.5. The summed E-state index contributed by atoms with van der Waals surface area (Å²) < 4.78 is 4.65. The second kappa shape index (κ2) is 9.78. The summed E-state index contributed by atoms with van der Waals surface area (Å²) in [6, 6.07) is 15.5. The van der Waals surface area contributed by atoms with Gasteiger partial charge in [0.15, 0.2) is 0 Å². The fraction of sp³-hybridized carbons (Fsp3) is 0.318. The van der Waals surface area contributed by atoms with Gasteiger partial charge in [0.1, 0.15) is 6.04 Å². The Morgan fingerprint density at radius 3 is 2.17 bits per heavy atom. The number of nitrogens with zero attached hydrogens (tertiary/aromatic N) is 2. The predicted molar refractivity (Wildman–Crippen MR) is 115 cm³/mol. The molecule has 2 aromatic rings. The number of esters is 1. The molecule has 1 aliphatic heterocycles. The molecule has 1 heterocycles. The normalized spacial score (nSPS) is 14.6. The fourth-order valence-corrected chi connectivity index (χ4v) is 3.21. The van der Waals surface area contributed by atoms with Gasteiger partial charge in [0.05, 0.1) is 12.7 Å². The van der Waals surface area contributed by atoms with E-state index in [1.54, 1.807) is 36.1 Å². The van der Waals surface area contributed by atoms with Gasteiger partial charge in [0.2, 0.25) is 5.91 Å². The van der Waals surface area contributed by atoms with Crippen molar-refractivity contribution in [2.45, 2.75) is 13.0 Å². The van der Waals surface area contributed by atoms with Gasteiger partial charge >= 0.3 is 12.0 Å². The van der Waals surface area contributed by atoms with Gasteiger partial charge in [-0.15, -0.1) is 0 Å². The molecule has 0 saturated carbocycles. The van der Waals surface area contributed by atoms with E-state index in [2.05, 4.69) is 32.4 Å². The zero-order valence-corrected chi connectivity index (χ0v) is 17.1. The highest BCUT2D eigenvalue weighted by Crippen LogP contribution is 2.16. The van der Waals surface area contributed by atoms with Gasteiger partial charge in [-0.25, -0.2) is 9.59 Å². The summed E-state index contributed by atoms with van der Waals surface area (Å²) in [5, 5.41) is 5.48. The lowest BCUT2D eigenvalue weighted by Gasteiger charge is -2.36. The van der Waals surface area contributed by atoms with Crippen molar-refractivity contribution >= 4 is 29.3 Å². The van der Waals surface area contributed by atoms with Crippen LogP contribution in [0, 0.1) is 0 Å². The van der Waals surface area contributed by atoms with Crippen LogP contribution in [0.2, 0.25) is 0 Å². The zero-order valence-electron chi connectivity index (χ0n) is 17.1. The van der Waals surface area contributed by atoms with Crippen LogP contribution in [0.1, 0.15) is 17.3 Å². The molecule has 1 saturated heterocycles. The first-order valence-electron chi connectivity index (χ1n) is 9.82. The Hall–Kier alpha value is -3.55. The molecule has 1 atom stereocenters. The van der Waals surface area contributed by atoms with Crippen LogP contribution < -0.4 is 15.5 Å². The van der Waals surface area contributed by atoms with Crippen molar-refractivity contribution in [1.82, 2.24) is 10.2 Å². The Bertz CT molecular complexity index is 878. The molecule has 3 amide bonds. The largest absolute Gasteiger partial charge is 0.465 e. The van der Waals surface area contributed by atoms with Gasteiger partial charge in [-0.05, 0) is 43.3 Å². The number of hydrogen-bond donors (Lipinski definition) is 2. The number of benzene rings is 2. The second-order valence-electron chi connectivity index (χ2n) is 7.04. The van der Waals surface area contributed by atoms with E-state index in [9.17, 15) is 14.4 Å². The van der Waals surface area contributed by atoms with Gasteiger partial charge in [-0.2, -0.15) is 0 Å². The number of methoxy groups -OCH3 is 1. The summed E-state index contributed by atoms with van der Waals surface area (Å²) in [4.78, 5) is 40.3. The molecule has 0 aliphatic carbocycles. The molecule has 30 heavy (non-hydrogen) atoms. The van der Waals surface area contributed by atoms with Gasteiger partial charge in [-0.3, -0.25) is 4.79 Å². The number of ether oxygens (including phenoxy) is 1. The number of anilines is 2. The van der Waals surface area contributed by atoms with Crippen LogP contribution in [0.5, 0.6) is 0 Å². The van der Waals surface area contributed by atoms with Crippen LogP contribution in [-0.4, -0.2) is 62.1 Å². The lowest BCUT2D eigenvalue weighted by molar-refractivity contribution is -0.117. The smallest absolute Gasteiger partial charge is 0.337 e. The highest BCUT2D eigenvalue weighted by molar-refractivity contribution is 5.97. The van der Waals surface area contributed by atoms with Crippen LogP contribution in [-0.2, 0) is 9.53 Å². The maximum Gasteiger partial charge on any atom is 0.337 e. The van der Waals surface area contributed by atoms with E-state index in [0.717, 1.165) is 18.8 Å². The van der Waals surface area contributed by atoms with Gasteiger partial charge in [0, 0.05) is 37.6 Å². The SMILES string of the molecule is COC(=O)c1ccc(NC(=O)C(C)NC(=O)N2CCN(c3ccccc3)CC2)cc1. The Morgan fingerprint density at radius 2 is 1.57 bits per heavy atom. The van der Waals surface area contributed by atoms with E-state index in [1.165, 1.54) is 7.11 Å². The molecule has 1 fully saturated rings. The maximum absolute atomic E-state index is 12.5. The number of hydrogen-bond acceptors (Lipinski definition) is 5. The Kier molecular flexibility index (Phi) is 6.90. The van der Waals surface area contributed by atoms with Crippen LogP contribution in [0.15, 0.2) is 54.6 Å². The summed E-state index contributed by atoms with van der Waals surface area (Å²) in [6.45, 7) is 4.29. The average Bonchev–Trinajstić information content (AvgIpc) is 2.79. The fourth-order valence-electron chi connectivity index (χ4n) is 3.21. The number of rotatable bonds is 5. The summed E-state index contributed by atoms with van der Waals surface area (Å²) in [7, 11) is 1.31. The topological polar surface area (TPSA) is 91.0 Å². The lowest BCUT2D eigenvalue weighted by atomic mass is 10.2. The molecule has 0 bridgehead atoms. The van der Waals surface area contributed by atoms with E-state index in [1.807, 2.05) is 18.2 Å². The van der Waals surface area contributed by atoms with Crippen molar-refractivity contribution in [3.63, 3.8) is 0 Å². The number of carbonyl (C=O) groups excluding carboxylic acids is 3. The number of amides is 3. The molecule has 0 spiro atoms. The highest BCUT2D eigenvalue weighted by atomic mass is 16.5. The zero-order chi connectivity index (χ0) is 21.5. The van der Waals surface area contributed by atoms with Crippen molar-refractivity contribution in [3.8, 4) is 0 Å². The Morgan fingerprint density at radius 1 is 0.933 bits per heavy atom.